The Kier molecular flexibility index (Phi) is 13.9. The SMILES string of the molecule is CC#Cc1cc(/C(=C/N=C/CN(C)CCC)NC)ccc1-c1ccc(-c2cnc(CN(CCC)C(=O)CNC(=O)OC)[nH]2)cc1. The van der Waals surface area contributed by atoms with Crippen LogP contribution < -0.4 is 10.6 Å². The molecule has 0 fully saturated rings. The summed E-state index contributed by atoms with van der Waals surface area (Å²) in [5.74, 6) is 6.77. The molecule has 0 saturated carbocycles. The van der Waals surface area contributed by atoms with Gasteiger partial charge in [0.1, 0.15) is 12.4 Å². The van der Waals surface area contributed by atoms with Crippen LogP contribution in [0.2, 0.25) is 0 Å². The summed E-state index contributed by atoms with van der Waals surface area (Å²) < 4.78 is 4.56. The second-order valence-corrected chi connectivity index (χ2v) is 10.5. The highest BCUT2D eigenvalue weighted by atomic mass is 16.5. The lowest BCUT2D eigenvalue weighted by Crippen LogP contribution is -2.40. The van der Waals surface area contributed by atoms with Crippen LogP contribution in [0.5, 0.6) is 0 Å². The number of carbonyl (C=O) groups excluding carboxylic acids is 2. The quantitative estimate of drug-likeness (QED) is 0.162. The van der Waals surface area contributed by atoms with Crippen molar-refractivity contribution in [1.82, 2.24) is 30.4 Å². The van der Waals surface area contributed by atoms with Gasteiger partial charge >= 0.3 is 6.09 Å². The number of ether oxygens (including phenoxy) is 1. The van der Waals surface area contributed by atoms with E-state index >= 15 is 0 Å². The topological polar surface area (TPSA) is 115 Å². The predicted molar refractivity (Wildman–Crippen MR) is 181 cm³/mol. The number of rotatable bonds is 15. The Morgan fingerprint density at radius 1 is 1.09 bits per heavy atom. The normalized spacial score (nSPS) is 11.3. The van der Waals surface area contributed by atoms with Gasteiger partial charge in [-0.1, -0.05) is 56.2 Å². The third-order valence-electron chi connectivity index (χ3n) is 7.06. The van der Waals surface area contributed by atoms with Crippen molar-refractivity contribution >= 4 is 23.9 Å². The van der Waals surface area contributed by atoms with Crippen molar-refractivity contribution in [2.45, 2.75) is 40.2 Å². The molecule has 0 aliphatic carbocycles. The number of carbonyl (C=O) groups is 2. The van der Waals surface area contributed by atoms with E-state index < -0.39 is 6.09 Å². The molecule has 10 nitrogen and oxygen atoms in total. The lowest BCUT2D eigenvalue weighted by Gasteiger charge is -2.21. The summed E-state index contributed by atoms with van der Waals surface area (Å²) in [5, 5.41) is 5.70. The molecular weight excluding hydrogens is 566 g/mol. The molecule has 0 spiro atoms. The molecule has 0 atom stereocenters. The first kappa shape index (κ1) is 34.6. The van der Waals surface area contributed by atoms with Crippen LogP contribution in [0.25, 0.3) is 28.1 Å². The number of H-pyrrole nitrogens is 1. The van der Waals surface area contributed by atoms with Gasteiger partial charge in [-0.05, 0) is 56.1 Å². The number of nitrogens with zero attached hydrogens (tertiary/aromatic N) is 4. The highest BCUT2D eigenvalue weighted by Crippen LogP contribution is 2.29. The zero-order chi connectivity index (χ0) is 32.6. The van der Waals surface area contributed by atoms with E-state index in [4.69, 9.17) is 0 Å². The fraction of sp³-hybridized carbons (Fsp3) is 0.371. The van der Waals surface area contributed by atoms with Crippen LogP contribution in [0.4, 0.5) is 4.79 Å². The summed E-state index contributed by atoms with van der Waals surface area (Å²) in [4.78, 5) is 40.3. The predicted octanol–water partition coefficient (Wildman–Crippen LogP) is 5.14. The fourth-order valence-corrected chi connectivity index (χ4v) is 4.77. The Balaban J connectivity index is 1.76. The standard InChI is InChI=1S/C35H45N7O3/c1-7-10-28-21-29(31(36-4)22-37-17-20-41(5)18-8-2)15-16-30(28)26-11-13-27(14-12-26)32-23-38-33(40-32)25-42(19-9-3)34(43)24-39-35(44)45-6/h11-17,21-23,36H,8-9,18-20,24-25H2,1-6H3,(H,38,40)(H,39,44)/b31-22-,37-17+. The van der Waals surface area contributed by atoms with Crippen LogP contribution in [-0.2, 0) is 16.1 Å². The molecule has 1 heterocycles. The first-order valence-corrected chi connectivity index (χ1v) is 15.2. The van der Waals surface area contributed by atoms with Gasteiger partial charge in [-0.15, -0.1) is 5.92 Å². The molecular formula is C35H45N7O3. The van der Waals surface area contributed by atoms with Crippen molar-refractivity contribution in [2.24, 2.45) is 4.99 Å². The molecule has 1 aromatic heterocycles. The molecule has 0 aliphatic heterocycles. The number of nitrogens with one attached hydrogen (secondary N) is 3. The third-order valence-corrected chi connectivity index (χ3v) is 7.06. The van der Waals surface area contributed by atoms with Gasteiger partial charge in [0.15, 0.2) is 0 Å². The van der Waals surface area contributed by atoms with E-state index in [1.165, 1.54) is 7.11 Å². The van der Waals surface area contributed by atoms with E-state index in [-0.39, 0.29) is 12.5 Å². The fourth-order valence-electron chi connectivity index (χ4n) is 4.77. The van der Waals surface area contributed by atoms with Crippen molar-refractivity contribution in [3.63, 3.8) is 0 Å². The minimum absolute atomic E-state index is 0.134. The van der Waals surface area contributed by atoms with Gasteiger partial charge in [0, 0.05) is 37.5 Å². The van der Waals surface area contributed by atoms with Gasteiger partial charge in [0.05, 0.1) is 37.4 Å². The number of aromatic amines is 1. The van der Waals surface area contributed by atoms with Gasteiger partial charge in [-0.3, -0.25) is 9.79 Å². The number of methoxy groups -OCH3 is 1. The van der Waals surface area contributed by atoms with Gasteiger partial charge in [-0.25, -0.2) is 9.78 Å². The molecule has 45 heavy (non-hydrogen) atoms. The monoisotopic (exact) mass is 611 g/mol. The van der Waals surface area contributed by atoms with Crippen LogP contribution in [0.15, 0.2) is 59.9 Å². The van der Waals surface area contributed by atoms with E-state index in [9.17, 15) is 9.59 Å². The number of aliphatic imine (C=N–C) groups is 1. The van der Waals surface area contributed by atoms with Crippen LogP contribution in [-0.4, -0.2) is 85.4 Å². The van der Waals surface area contributed by atoms with Crippen molar-refractivity contribution in [3.8, 4) is 34.2 Å². The van der Waals surface area contributed by atoms with E-state index in [1.807, 2.05) is 45.4 Å². The zero-order valence-electron chi connectivity index (χ0n) is 27.2. The molecule has 10 heteroatoms. The molecule has 0 saturated heterocycles. The number of alkyl carbamates (subject to hydrolysis) is 1. The Morgan fingerprint density at radius 3 is 2.49 bits per heavy atom. The molecule has 0 radical (unpaired) electrons. The average Bonchev–Trinajstić information content (AvgIpc) is 3.52. The molecule has 0 unspecified atom stereocenters. The number of aromatic nitrogens is 2. The Hall–Kier alpha value is -4.88. The molecule has 3 N–H and O–H groups in total. The van der Waals surface area contributed by atoms with Crippen molar-refractivity contribution in [2.75, 3.05) is 47.4 Å². The van der Waals surface area contributed by atoms with Crippen LogP contribution >= 0.6 is 0 Å². The van der Waals surface area contributed by atoms with Gasteiger partial charge in [0.2, 0.25) is 5.91 Å². The molecule has 0 aliphatic rings. The van der Waals surface area contributed by atoms with Gasteiger partial charge < -0.3 is 30.2 Å². The average molecular weight is 612 g/mol. The lowest BCUT2D eigenvalue weighted by molar-refractivity contribution is -0.130. The van der Waals surface area contributed by atoms with Crippen LogP contribution in [0, 0.1) is 11.8 Å². The van der Waals surface area contributed by atoms with Crippen molar-refractivity contribution < 1.29 is 14.3 Å². The molecule has 2 aromatic carbocycles. The maximum Gasteiger partial charge on any atom is 0.407 e. The number of benzene rings is 2. The van der Waals surface area contributed by atoms with Crippen molar-refractivity contribution in [1.29, 1.82) is 0 Å². The summed E-state index contributed by atoms with van der Waals surface area (Å²) in [7, 11) is 5.25. The second kappa shape index (κ2) is 18.0. The molecule has 238 valence electrons. The first-order chi connectivity index (χ1) is 21.8. The number of amides is 2. The maximum atomic E-state index is 12.6. The molecule has 3 rings (SSSR count). The Labute approximate surface area is 267 Å². The third kappa shape index (κ3) is 10.4. The van der Waals surface area contributed by atoms with E-state index in [0.717, 1.165) is 65.1 Å². The Morgan fingerprint density at radius 2 is 1.82 bits per heavy atom. The highest BCUT2D eigenvalue weighted by Gasteiger charge is 2.16. The first-order valence-electron chi connectivity index (χ1n) is 15.2. The number of hydrogen-bond donors (Lipinski definition) is 3. The zero-order valence-corrected chi connectivity index (χ0v) is 27.2. The summed E-state index contributed by atoms with van der Waals surface area (Å²) in [6.45, 7) is 8.56. The number of hydrogen-bond acceptors (Lipinski definition) is 7. The van der Waals surface area contributed by atoms with Gasteiger partial charge in [0.25, 0.3) is 0 Å². The summed E-state index contributed by atoms with van der Waals surface area (Å²) in [6.07, 6.45) is 6.79. The molecule has 3 aromatic rings. The van der Waals surface area contributed by atoms with E-state index in [2.05, 4.69) is 91.4 Å². The molecule has 2 amide bonds. The smallest absolute Gasteiger partial charge is 0.407 e. The second-order valence-electron chi connectivity index (χ2n) is 10.5. The molecule has 0 bridgehead atoms. The summed E-state index contributed by atoms with van der Waals surface area (Å²) >= 11 is 0. The van der Waals surface area contributed by atoms with E-state index in [1.54, 1.807) is 11.1 Å². The lowest BCUT2D eigenvalue weighted by atomic mass is 9.96. The summed E-state index contributed by atoms with van der Waals surface area (Å²) in [5.41, 5.74) is 6.77. The Bertz CT molecular complexity index is 1530. The highest BCUT2D eigenvalue weighted by molar-refractivity contribution is 5.82. The van der Waals surface area contributed by atoms with Gasteiger partial charge in [-0.2, -0.15) is 0 Å². The van der Waals surface area contributed by atoms with Crippen LogP contribution in [0.1, 0.15) is 50.6 Å². The summed E-state index contributed by atoms with van der Waals surface area (Å²) in [6, 6.07) is 14.5. The van der Waals surface area contributed by atoms with Crippen molar-refractivity contribution in [3.05, 3.63) is 71.8 Å². The number of imidazole rings is 1. The maximum absolute atomic E-state index is 12.6. The minimum Gasteiger partial charge on any atom is -0.453 e. The van der Waals surface area contributed by atoms with Crippen LogP contribution in [0.3, 0.4) is 0 Å². The largest absolute Gasteiger partial charge is 0.453 e. The minimum atomic E-state index is -0.639. The van der Waals surface area contributed by atoms with E-state index in [0.29, 0.717) is 18.9 Å².